The zero-order chi connectivity index (χ0) is 10.8. The van der Waals surface area contributed by atoms with Gasteiger partial charge in [0, 0.05) is 5.39 Å². The molecule has 0 saturated heterocycles. The zero-order valence-electron chi connectivity index (χ0n) is 8.03. The number of halogens is 1. The Kier molecular flexibility index (Phi) is 2.56. The Hall–Kier alpha value is -1.61. The highest BCUT2D eigenvalue weighted by molar-refractivity contribution is 6.35. The third-order valence-corrected chi connectivity index (χ3v) is 2.37. The van der Waals surface area contributed by atoms with Crippen molar-refractivity contribution in [2.45, 2.75) is 0 Å². The average Bonchev–Trinajstić information content (AvgIpc) is 2.28. The van der Waals surface area contributed by atoms with E-state index in [1.807, 2.05) is 12.1 Å². The second-order valence-corrected chi connectivity index (χ2v) is 3.41. The van der Waals surface area contributed by atoms with Gasteiger partial charge in [0.25, 0.3) is 0 Å². The van der Waals surface area contributed by atoms with E-state index in [0.29, 0.717) is 10.5 Å². The zero-order valence-corrected chi connectivity index (χ0v) is 8.78. The number of ether oxygens (including phenoxy) is 1. The summed E-state index contributed by atoms with van der Waals surface area (Å²) in [7, 11) is 1.32. The fourth-order valence-electron chi connectivity index (χ4n) is 1.33. The molecule has 0 N–H and O–H groups in total. The minimum Gasteiger partial charge on any atom is -0.464 e. The van der Waals surface area contributed by atoms with Crippen LogP contribution in [0.25, 0.3) is 10.9 Å². The number of para-hydroxylation sites is 1. The van der Waals surface area contributed by atoms with Crippen molar-refractivity contribution in [3.05, 3.63) is 41.0 Å². The molecule has 0 bridgehead atoms. The Morgan fingerprint density at radius 2 is 2.13 bits per heavy atom. The summed E-state index contributed by atoms with van der Waals surface area (Å²) in [6.07, 6.45) is 0. The normalized spacial score (nSPS) is 10.3. The minimum atomic E-state index is -0.461. The molecule has 0 radical (unpaired) electrons. The van der Waals surface area contributed by atoms with E-state index in [-0.39, 0.29) is 5.69 Å². The molecule has 2 rings (SSSR count). The fraction of sp³-hybridized carbons (Fsp3) is 0.0909. The van der Waals surface area contributed by atoms with Crippen molar-refractivity contribution in [3.8, 4) is 0 Å². The van der Waals surface area contributed by atoms with Crippen LogP contribution in [0.3, 0.4) is 0 Å². The van der Waals surface area contributed by atoms with Gasteiger partial charge in [-0.25, -0.2) is 9.78 Å². The molecule has 2 aromatic rings. The molecule has 4 heteroatoms. The number of fused-ring (bicyclic) bond motifs is 1. The smallest absolute Gasteiger partial charge is 0.356 e. The summed E-state index contributed by atoms with van der Waals surface area (Å²) in [5.41, 5.74) is 0.875. The highest BCUT2D eigenvalue weighted by Gasteiger charge is 2.08. The van der Waals surface area contributed by atoms with Crippen LogP contribution in [0.1, 0.15) is 10.5 Å². The van der Waals surface area contributed by atoms with Crippen molar-refractivity contribution in [3.63, 3.8) is 0 Å². The SMILES string of the molecule is COC(=O)c1ccc2cccc(Cl)c2n1. The summed E-state index contributed by atoms with van der Waals surface area (Å²) >= 11 is 5.96. The lowest BCUT2D eigenvalue weighted by Gasteiger charge is -2.02. The van der Waals surface area contributed by atoms with Crippen LogP contribution in [0.15, 0.2) is 30.3 Å². The second kappa shape index (κ2) is 3.87. The Morgan fingerprint density at radius 3 is 2.87 bits per heavy atom. The summed E-state index contributed by atoms with van der Waals surface area (Å²) < 4.78 is 4.58. The molecule has 0 spiro atoms. The topological polar surface area (TPSA) is 39.2 Å². The van der Waals surface area contributed by atoms with Crippen molar-refractivity contribution >= 4 is 28.5 Å². The summed E-state index contributed by atoms with van der Waals surface area (Å²) in [6.45, 7) is 0. The first kappa shape index (κ1) is 9.93. The molecule has 76 valence electrons. The summed E-state index contributed by atoms with van der Waals surface area (Å²) in [5.74, 6) is -0.461. The van der Waals surface area contributed by atoms with Gasteiger partial charge in [0.2, 0.25) is 0 Å². The molecular formula is C11H8ClNO2. The molecule has 1 aromatic carbocycles. The van der Waals surface area contributed by atoms with Crippen molar-refractivity contribution < 1.29 is 9.53 Å². The van der Waals surface area contributed by atoms with Crippen molar-refractivity contribution in [1.82, 2.24) is 4.98 Å². The van der Waals surface area contributed by atoms with Gasteiger partial charge in [-0.3, -0.25) is 0 Å². The van der Waals surface area contributed by atoms with Gasteiger partial charge in [0.05, 0.1) is 17.6 Å². The van der Waals surface area contributed by atoms with Gasteiger partial charge in [-0.2, -0.15) is 0 Å². The van der Waals surface area contributed by atoms with E-state index in [1.165, 1.54) is 7.11 Å². The summed E-state index contributed by atoms with van der Waals surface area (Å²) in [6, 6.07) is 8.86. The lowest BCUT2D eigenvalue weighted by molar-refractivity contribution is 0.0594. The average molecular weight is 222 g/mol. The lowest BCUT2D eigenvalue weighted by atomic mass is 10.2. The highest BCUT2D eigenvalue weighted by atomic mass is 35.5. The third-order valence-electron chi connectivity index (χ3n) is 2.07. The van der Waals surface area contributed by atoms with Gasteiger partial charge < -0.3 is 4.74 Å². The van der Waals surface area contributed by atoms with Crippen LogP contribution < -0.4 is 0 Å². The molecule has 0 amide bonds. The molecule has 1 heterocycles. The molecule has 0 saturated carbocycles. The van der Waals surface area contributed by atoms with E-state index in [4.69, 9.17) is 11.6 Å². The van der Waals surface area contributed by atoms with Crippen LogP contribution in [0.4, 0.5) is 0 Å². The molecular weight excluding hydrogens is 214 g/mol. The number of hydrogen-bond acceptors (Lipinski definition) is 3. The molecule has 1 aromatic heterocycles. The van der Waals surface area contributed by atoms with Crippen LogP contribution >= 0.6 is 11.6 Å². The third kappa shape index (κ3) is 1.78. The number of benzene rings is 1. The number of methoxy groups -OCH3 is 1. The van der Waals surface area contributed by atoms with Crippen molar-refractivity contribution in [2.75, 3.05) is 7.11 Å². The number of aromatic nitrogens is 1. The number of esters is 1. The van der Waals surface area contributed by atoms with Crippen LogP contribution in [0.5, 0.6) is 0 Å². The number of hydrogen-bond donors (Lipinski definition) is 0. The second-order valence-electron chi connectivity index (χ2n) is 3.00. The van der Waals surface area contributed by atoms with Crippen LogP contribution in [0.2, 0.25) is 5.02 Å². The minimum absolute atomic E-state index is 0.262. The highest BCUT2D eigenvalue weighted by Crippen LogP contribution is 2.21. The molecule has 0 atom stereocenters. The Morgan fingerprint density at radius 1 is 1.33 bits per heavy atom. The Bertz CT molecular complexity index is 525. The molecule has 0 fully saturated rings. The van der Waals surface area contributed by atoms with E-state index in [1.54, 1.807) is 18.2 Å². The Balaban J connectivity index is 2.64. The van der Waals surface area contributed by atoms with Crippen molar-refractivity contribution in [1.29, 1.82) is 0 Å². The van der Waals surface area contributed by atoms with E-state index in [9.17, 15) is 4.79 Å². The van der Waals surface area contributed by atoms with E-state index in [2.05, 4.69) is 9.72 Å². The van der Waals surface area contributed by atoms with E-state index >= 15 is 0 Å². The standard InChI is InChI=1S/C11H8ClNO2/c1-15-11(14)9-6-5-7-3-2-4-8(12)10(7)13-9/h2-6H,1H3. The van der Waals surface area contributed by atoms with Gasteiger partial charge >= 0.3 is 5.97 Å². The predicted octanol–water partition coefficient (Wildman–Crippen LogP) is 2.67. The quantitative estimate of drug-likeness (QED) is 0.695. The maximum absolute atomic E-state index is 11.2. The number of carbonyl (C=O) groups excluding carboxylic acids is 1. The van der Waals surface area contributed by atoms with E-state index < -0.39 is 5.97 Å². The largest absolute Gasteiger partial charge is 0.464 e. The van der Waals surface area contributed by atoms with Crippen molar-refractivity contribution in [2.24, 2.45) is 0 Å². The number of nitrogens with zero attached hydrogens (tertiary/aromatic N) is 1. The monoisotopic (exact) mass is 221 g/mol. The molecule has 0 unspecified atom stereocenters. The molecule has 0 aliphatic carbocycles. The van der Waals surface area contributed by atoms with Gasteiger partial charge in [-0.1, -0.05) is 29.8 Å². The lowest BCUT2D eigenvalue weighted by Crippen LogP contribution is -2.03. The number of carbonyl (C=O) groups is 1. The van der Waals surface area contributed by atoms with Crippen LogP contribution in [-0.4, -0.2) is 18.1 Å². The number of rotatable bonds is 1. The molecule has 0 aliphatic heterocycles. The Labute approximate surface area is 91.6 Å². The van der Waals surface area contributed by atoms with Crippen LogP contribution in [0, 0.1) is 0 Å². The molecule has 15 heavy (non-hydrogen) atoms. The first-order valence-corrected chi connectivity index (χ1v) is 4.74. The first-order valence-electron chi connectivity index (χ1n) is 4.36. The maximum Gasteiger partial charge on any atom is 0.356 e. The van der Waals surface area contributed by atoms with Gasteiger partial charge in [-0.05, 0) is 12.1 Å². The molecule has 0 aliphatic rings. The van der Waals surface area contributed by atoms with Gasteiger partial charge in [0.1, 0.15) is 5.69 Å². The fourth-order valence-corrected chi connectivity index (χ4v) is 1.55. The van der Waals surface area contributed by atoms with Crippen LogP contribution in [-0.2, 0) is 4.74 Å². The van der Waals surface area contributed by atoms with E-state index in [0.717, 1.165) is 5.39 Å². The maximum atomic E-state index is 11.2. The molecule has 3 nitrogen and oxygen atoms in total. The van der Waals surface area contributed by atoms with Gasteiger partial charge in [0.15, 0.2) is 0 Å². The predicted molar refractivity (Wildman–Crippen MR) is 58.1 cm³/mol. The number of pyridine rings is 1. The van der Waals surface area contributed by atoms with Gasteiger partial charge in [-0.15, -0.1) is 0 Å². The summed E-state index contributed by atoms with van der Waals surface area (Å²) in [5, 5.41) is 1.42. The first-order chi connectivity index (χ1) is 7.22. The summed E-state index contributed by atoms with van der Waals surface area (Å²) in [4.78, 5) is 15.4.